The number of pyridine rings is 1. The molecule has 0 unspecified atom stereocenters. The van der Waals surface area contributed by atoms with Gasteiger partial charge in [0, 0.05) is 17.7 Å². The fraction of sp³-hybridized carbons (Fsp3) is 0.0455. The minimum atomic E-state index is -0.134. The van der Waals surface area contributed by atoms with E-state index in [0.29, 0.717) is 11.3 Å². The Hall–Kier alpha value is -3.33. The second-order valence-electron chi connectivity index (χ2n) is 5.61. The minimum absolute atomic E-state index is 0.0297. The lowest BCUT2D eigenvalue weighted by Gasteiger charge is -2.01. The molecule has 3 rings (SSSR count). The molecule has 0 saturated carbocycles. The van der Waals surface area contributed by atoms with Crippen molar-refractivity contribution in [3.05, 3.63) is 108 Å². The SMILES string of the molecule is O=C(C[n+]1ccccc1C(=O)C=Cc1ccccc1)c1ccccc1. The molecule has 0 N–H and O–H groups in total. The summed E-state index contributed by atoms with van der Waals surface area (Å²) in [6, 6.07) is 24.1. The van der Waals surface area contributed by atoms with Gasteiger partial charge in [0.25, 0.3) is 5.69 Å². The number of nitrogens with zero attached hydrogens (tertiary/aromatic N) is 1. The number of hydrogen-bond acceptors (Lipinski definition) is 2. The molecule has 122 valence electrons. The van der Waals surface area contributed by atoms with Crippen LogP contribution in [0.25, 0.3) is 6.08 Å². The van der Waals surface area contributed by atoms with Crippen LogP contribution < -0.4 is 4.57 Å². The van der Waals surface area contributed by atoms with Crippen molar-refractivity contribution in [3.8, 4) is 0 Å². The van der Waals surface area contributed by atoms with Crippen molar-refractivity contribution in [1.82, 2.24) is 0 Å². The summed E-state index contributed by atoms with van der Waals surface area (Å²) >= 11 is 0. The van der Waals surface area contributed by atoms with Crippen LogP contribution >= 0.6 is 0 Å². The standard InChI is InChI=1S/C22H18NO2/c24-21(15-14-18-9-3-1-4-10-18)20-13-7-8-16-23(20)17-22(25)19-11-5-2-6-12-19/h1-16H,17H2/q+1. The largest absolute Gasteiger partial charge is 0.287 e. The van der Waals surface area contributed by atoms with Crippen molar-refractivity contribution in [3.63, 3.8) is 0 Å². The van der Waals surface area contributed by atoms with Crippen LogP contribution in [0, 0.1) is 0 Å². The van der Waals surface area contributed by atoms with Gasteiger partial charge in [-0.2, -0.15) is 4.57 Å². The van der Waals surface area contributed by atoms with Crippen molar-refractivity contribution in [1.29, 1.82) is 0 Å². The Kier molecular flexibility index (Phi) is 5.27. The van der Waals surface area contributed by atoms with E-state index in [1.807, 2.05) is 54.6 Å². The lowest BCUT2D eigenvalue weighted by atomic mass is 10.1. The number of Topliss-reactive ketones (excluding diaryl/α,β-unsaturated/α-hetero) is 1. The molecule has 0 spiro atoms. The van der Waals surface area contributed by atoms with Gasteiger partial charge in [-0.15, -0.1) is 0 Å². The molecule has 0 amide bonds. The van der Waals surface area contributed by atoms with Crippen molar-refractivity contribution in [2.75, 3.05) is 0 Å². The summed E-state index contributed by atoms with van der Waals surface area (Å²) < 4.78 is 1.69. The fourth-order valence-electron chi connectivity index (χ4n) is 2.53. The Bertz CT molecular complexity index is 900. The van der Waals surface area contributed by atoms with Crippen molar-refractivity contribution >= 4 is 17.6 Å². The van der Waals surface area contributed by atoms with Crippen molar-refractivity contribution in [2.24, 2.45) is 0 Å². The number of ketones is 2. The van der Waals surface area contributed by atoms with E-state index in [-0.39, 0.29) is 18.1 Å². The Morgan fingerprint density at radius 3 is 2.16 bits per heavy atom. The summed E-state index contributed by atoms with van der Waals surface area (Å²) in [6.45, 7) is 0.130. The Morgan fingerprint density at radius 1 is 0.800 bits per heavy atom. The molecule has 1 aromatic heterocycles. The van der Waals surface area contributed by atoms with E-state index in [0.717, 1.165) is 5.56 Å². The number of rotatable bonds is 6. The van der Waals surface area contributed by atoms with Gasteiger partial charge < -0.3 is 0 Å². The van der Waals surface area contributed by atoms with E-state index in [9.17, 15) is 9.59 Å². The van der Waals surface area contributed by atoms with Gasteiger partial charge in [-0.25, -0.2) is 0 Å². The first kappa shape index (κ1) is 16.5. The van der Waals surface area contributed by atoms with Crippen LogP contribution in [0.15, 0.2) is 91.1 Å². The molecule has 3 nitrogen and oxygen atoms in total. The molecule has 3 aromatic rings. The molecule has 0 fully saturated rings. The molecule has 0 atom stereocenters. The average molecular weight is 328 g/mol. The fourth-order valence-corrected chi connectivity index (χ4v) is 2.53. The topological polar surface area (TPSA) is 38.0 Å². The van der Waals surface area contributed by atoms with Crippen LogP contribution in [-0.4, -0.2) is 11.6 Å². The lowest BCUT2D eigenvalue weighted by molar-refractivity contribution is -0.684. The highest BCUT2D eigenvalue weighted by Gasteiger charge is 2.19. The van der Waals surface area contributed by atoms with Crippen molar-refractivity contribution < 1.29 is 14.2 Å². The molecule has 3 heteroatoms. The Labute approximate surface area is 146 Å². The maximum Gasteiger partial charge on any atom is 0.253 e. The molecule has 25 heavy (non-hydrogen) atoms. The molecule has 0 bridgehead atoms. The van der Waals surface area contributed by atoms with Crippen LogP contribution in [0.4, 0.5) is 0 Å². The van der Waals surface area contributed by atoms with Gasteiger partial charge in [0.1, 0.15) is 0 Å². The highest BCUT2D eigenvalue weighted by Crippen LogP contribution is 2.04. The van der Waals surface area contributed by atoms with Gasteiger partial charge >= 0.3 is 0 Å². The van der Waals surface area contributed by atoms with Gasteiger partial charge in [0.15, 0.2) is 6.20 Å². The molecule has 2 aromatic carbocycles. The van der Waals surface area contributed by atoms with Crippen LogP contribution in [0.1, 0.15) is 26.4 Å². The normalized spacial score (nSPS) is 10.7. The predicted molar refractivity (Wildman–Crippen MR) is 97.2 cm³/mol. The predicted octanol–water partition coefficient (Wildman–Crippen LogP) is 3.75. The number of carbonyl (C=O) groups excluding carboxylic acids is 2. The van der Waals surface area contributed by atoms with E-state index in [1.165, 1.54) is 6.08 Å². The van der Waals surface area contributed by atoms with Crippen LogP contribution in [-0.2, 0) is 6.54 Å². The average Bonchev–Trinajstić information content (AvgIpc) is 2.68. The molecule has 1 heterocycles. The summed E-state index contributed by atoms with van der Waals surface area (Å²) in [5.74, 6) is -0.164. The molecule has 0 aliphatic rings. The number of aromatic nitrogens is 1. The minimum Gasteiger partial charge on any atom is -0.287 e. The molecular weight excluding hydrogens is 310 g/mol. The zero-order chi connectivity index (χ0) is 17.5. The quantitative estimate of drug-likeness (QED) is 0.393. The zero-order valence-electron chi connectivity index (χ0n) is 13.7. The van der Waals surface area contributed by atoms with Gasteiger partial charge in [-0.3, -0.25) is 9.59 Å². The van der Waals surface area contributed by atoms with Crippen LogP contribution in [0.3, 0.4) is 0 Å². The highest BCUT2D eigenvalue weighted by atomic mass is 16.1. The van der Waals surface area contributed by atoms with E-state index in [4.69, 9.17) is 0 Å². The van der Waals surface area contributed by atoms with Crippen LogP contribution in [0.2, 0.25) is 0 Å². The van der Waals surface area contributed by atoms with Crippen molar-refractivity contribution in [2.45, 2.75) is 6.54 Å². The number of hydrogen-bond donors (Lipinski definition) is 0. The monoisotopic (exact) mass is 328 g/mol. The summed E-state index contributed by atoms with van der Waals surface area (Å²) in [5.41, 5.74) is 2.08. The van der Waals surface area contributed by atoms with E-state index >= 15 is 0 Å². The van der Waals surface area contributed by atoms with E-state index in [1.54, 1.807) is 41.1 Å². The third-order valence-electron chi connectivity index (χ3n) is 3.83. The Morgan fingerprint density at radius 2 is 1.44 bits per heavy atom. The first-order valence-electron chi connectivity index (χ1n) is 8.08. The summed E-state index contributed by atoms with van der Waals surface area (Å²) in [7, 11) is 0. The molecule has 0 radical (unpaired) electrons. The second-order valence-corrected chi connectivity index (χ2v) is 5.61. The third-order valence-corrected chi connectivity index (χ3v) is 3.83. The summed E-state index contributed by atoms with van der Waals surface area (Å²) in [6.07, 6.45) is 5.07. The first-order chi connectivity index (χ1) is 12.2. The molecule has 0 aliphatic carbocycles. The first-order valence-corrected chi connectivity index (χ1v) is 8.08. The summed E-state index contributed by atoms with van der Waals surface area (Å²) in [5, 5.41) is 0. The molecular formula is C22H18NO2+. The van der Waals surface area contributed by atoms with E-state index < -0.39 is 0 Å². The highest BCUT2D eigenvalue weighted by molar-refractivity contribution is 6.04. The number of benzene rings is 2. The summed E-state index contributed by atoms with van der Waals surface area (Å²) in [4.78, 5) is 25.0. The van der Waals surface area contributed by atoms with Gasteiger partial charge in [0.05, 0.1) is 0 Å². The lowest BCUT2D eigenvalue weighted by Crippen LogP contribution is -2.43. The maximum absolute atomic E-state index is 12.5. The van der Waals surface area contributed by atoms with Gasteiger partial charge in [-0.1, -0.05) is 66.7 Å². The molecule has 0 saturated heterocycles. The Balaban J connectivity index is 1.80. The maximum atomic E-state index is 12.5. The van der Waals surface area contributed by atoms with Gasteiger partial charge in [0.2, 0.25) is 18.1 Å². The molecule has 0 aliphatic heterocycles. The van der Waals surface area contributed by atoms with E-state index in [2.05, 4.69) is 0 Å². The third kappa shape index (κ3) is 4.36. The smallest absolute Gasteiger partial charge is 0.253 e. The van der Waals surface area contributed by atoms with Gasteiger partial charge in [-0.05, 0) is 17.7 Å². The zero-order valence-corrected chi connectivity index (χ0v) is 13.7. The number of carbonyl (C=O) groups is 2. The number of allylic oxidation sites excluding steroid dienone is 1. The van der Waals surface area contributed by atoms with Crippen LogP contribution in [0.5, 0.6) is 0 Å². The second kappa shape index (κ2) is 7.97.